The molecule has 0 fully saturated rings. The van der Waals surface area contributed by atoms with Crippen LogP contribution in [0.2, 0.25) is 0 Å². The molecule has 0 saturated heterocycles. The maximum atomic E-state index is 10.5. The molecule has 2 N–H and O–H groups in total. The lowest BCUT2D eigenvalue weighted by Gasteiger charge is -1.96. The Morgan fingerprint density at radius 2 is 2.18 bits per heavy atom. The van der Waals surface area contributed by atoms with Gasteiger partial charge in [-0.25, -0.2) is 10.3 Å². The zero-order valence-corrected chi connectivity index (χ0v) is 6.03. The van der Waals surface area contributed by atoms with Crippen LogP contribution in [-0.2, 0) is 14.4 Å². The van der Waals surface area contributed by atoms with Crippen molar-refractivity contribution in [3.63, 3.8) is 0 Å². The first kappa shape index (κ1) is 9.64. The third-order valence-corrected chi connectivity index (χ3v) is 0.694. The third-order valence-electron chi connectivity index (χ3n) is 0.694. The summed E-state index contributed by atoms with van der Waals surface area (Å²) in [6.07, 6.45) is 1.60. The zero-order valence-electron chi connectivity index (χ0n) is 6.03. The third kappa shape index (κ3) is 6.53. The van der Waals surface area contributed by atoms with Crippen LogP contribution < -0.4 is 5.48 Å². The average molecular weight is 159 g/mol. The highest BCUT2D eigenvalue weighted by atomic mass is 16.6. The zero-order chi connectivity index (χ0) is 8.69. The summed E-state index contributed by atoms with van der Waals surface area (Å²) in [5, 5.41) is 8.08. The molecule has 0 saturated carbocycles. The monoisotopic (exact) mass is 159 g/mol. The smallest absolute Gasteiger partial charge is 0.328 e. The van der Waals surface area contributed by atoms with Gasteiger partial charge < -0.3 is 5.11 Å². The van der Waals surface area contributed by atoms with E-state index >= 15 is 0 Å². The molecular weight excluding hydrogens is 150 g/mol. The van der Waals surface area contributed by atoms with E-state index in [9.17, 15) is 9.59 Å². The fourth-order valence-corrected chi connectivity index (χ4v) is 0.324. The molecule has 0 aromatic heterocycles. The van der Waals surface area contributed by atoms with Gasteiger partial charge in [-0.1, -0.05) is 0 Å². The summed E-state index contributed by atoms with van der Waals surface area (Å²) in [5.74, 6) is -1.76. The second kappa shape index (κ2) is 5.43. The summed E-state index contributed by atoms with van der Waals surface area (Å²) in [4.78, 5) is 24.9. The average Bonchev–Trinajstić information content (AvgIpc) is 1.97. The normalized spacial score (nSPS) is 9.91. The Bertz CT molecular complexity index is 175. The fourth-order valence-electron chi connectivity index (χ4n) is 0.324. The molecule has 5 heteroatoms. The minimum absolute atomic E-state index is 0.340. The van der Waals surface area contributed by atoms with E-state index in [-0.39, 0.29) is 0 Å². The molecule has 62 valence electrons. The Balaban J connectivity index is 3.60. The van der Waals surface area contributed by atoms with E-state index < -0.39 is 11.9 Å². The Labute approximate surface area is 63.6 Å². The first-order chi connectivity index (χ1) is 5.16. The van der Waals surface area contributed by atoms with E-state index in [2.05, 4.69) is 4.84 Å². The van der Waals surface area contributed by atoms with Crippen molar-refractivity contribution in [3.05, 3.63) is 12.2 Å². The molecule has 0 aliphatic heterocycles. The molecule has 1 amide bonds. The summed E-state index contributed by atoms with van der Waals surface area (Å²) >= 11 is 0. The number of hydroxylamine groups is 1. The lowest BCUT2D eigenvalue weighted by atomic mass is 10.5. The van der Waals surface area contributed by atoms with Gasteiger partial charge in [0.2, 0.25) is 0 Å². The van der Waals surface area contributed by atoms with E-state index in [4.69, 9.17) is 5.11 Å². The lowest BCUT2D eigenvalue weighted by molar-refractivity contribution is -0.132. The van der Waals surface area contributed by atoms with Crippen LogP contribution in [0.3, 0.4) is 0 Å². The number of aliphatic carboxylic acids is 1. The topological polar surface area (TPSA) is 75.6 Å². The molecule has 5 nitrogen and oxygen atoms in total. The van der Waals surface area contributed by atoms with E-state index in [0.29, 0.717) is 6.61 Å². The van der Waals surface area contributed by atoms with Gasteiger partial charge in [0.15, 0.2) is 0 Å². The Morgan fingerprint density at radius 1 is 1.55 bits per heavy atom. The molecule has 11 heavy (non-hydrogen) atoms. The van der Waals surface area contributed by atoms with E-state index in [0.717, 1.165) is 12.2 Å². The van der Waals surface area contributed by atoms with Gasteiger partial charge >= 0.3 is 5.97 Å². The van der Waals surface area contributed by atoms with Crippen LogP contribution in [0.5, 0.6) is 0 Å². The predicted molar refractivity (Wildman–Crippen MR) is 36.5 cm³/mol. The number of carbonyl (C=O) groups is 2. The standard InChI is InChI=1S/C6H9NO4/c1-2-11-7-5(8)3-4-6(9)10/h3-4H,2H2,1H3,(H,7,8)(H,9,10). The van der Waals surface area contributed by atoms with Crippen LogP contribution >= 0.6 is 0 Å². The minimum Gasteiger partial charge on any atom is -0.478 e. The second-order valence-corrected chi connectivity index (χ2v) is 1.57. The van der Waals surface area contributed by atoms with Crippen molar-refractivity contribution < 1.29 is 19.5 Å². The van der Waals surface area contributed by atoms with E-state index in [1.54, 1.807) is 6.92 Å². The van der Waals surface area contributed by atoms with Crippen molar-refractivity contribution in [1.29, 1.82) is 0 Å². The van der Waals surface area contributed by atoms with Crippen LogP contribution in [-0.4, -0.2) is 23.6 Å². The Hall–Kier alpha value is -1.36. The molecule has 0 aliphatic rings. The van der Waals surface area contributed by atoms with Crippen molar-refractivity contribution in [3.8, 4) is 0 Å². The summed E-state index contributed by atoms with van der Waals surface area (Å²) in [5.41, 5.74) is 2.00. The van der Waals surface area contributed by atoms with E-state index in [1.807, 2.05) is 5.48 Å². The molecule has 0 bridgehead atoms. The van der Waals surface area contributed by atoms with Gasteiger partial charge in [-0.2, -0.15) is 0 Å². The minimum atomic E-state index is -1.17. The van der Waals surface area contributed by atoms with E-state index in [1.165, 1.54) is 0 Å². The molecule has 0 radical (unpaired) electrons. The molecule has 0 rings (SSSR count). The summed E-state index contributed by atoms with van der Waals surface area (Å²) in [7, 11) is 0. The molecule has 0 aromatic rings. The van der Waals surface area contributed by atoms with Gasteiger partial charge in [0.1, 0.15) is 0 Å². The van der Waals surface area contributed by atoms with Crippen LogP contribution in [0.4, 0.5) is 0 Å². The van der Waals surface area contributed by atoms with Crippen molar-refractivity contribution in [1.82, 2.24) is 5.48 Å². The fraction of sp³-hybridized carbons (Fsp3) is 0.333. The summed E-state index contributed by atoms with van der Waals surface area (Å²) in [6.45, 7) is 2.04. The van der Waals surface area contributed by atoms with Gasteiger partial charge in [0, 0.05) is 12.2 Å². The number of amides is 1. The molecule has 0 unspecified atom stereocenters. The van der Waals surface area contributed by atoms with Crippen molar-refractivity contribution in [2.75, 3.05) is 6.61 Å². The molecule has 0 heterocycles. The van der Waals surface area contributed by atoms with Crippen molar-refractivity contribution in [2.45, 2.75) is 6.92 Å². The Kier molecular flexibility index (Phi) is 4.76. The van der Waals surface area contributed by atoms with Crippen LogP contribution in [0.1, 0.15) is 6.92 Å². The van der Waals surface area contributed by atoms with Gasteiger partial charge in [-0.05, 0) is 6.92 Å². The van der Waals surface area contributed by atoms with Crippen molar-refractivity contribution >= 4 is 11.9 Å². The quantitative estimate of drug-likeness (QED) is 0.436. The number of hydrogen-bond acceptors (Lipinski definition) is 3. The highest BCUT2D eigenvalue weighted by Crippen LogP contribution is 1.74. The largest absolute Gasteiger partial charge is 0.478 e. The molecule has 0 aromatic carbocycles. The van der Waals surface area contributed by atoms with Crippen LogP contribution in [0, 0.1) is 0 Å². The molecule has 0 aliphatic carbocycles. The highest BCUT2D eigenvalue weighted by molar-refractivity contribution is 5.93. The number of carboxylic acids is 1. The number of nitrogens with one attached hydrogen (secondary N) is 1. The molecule has 0 spiro atoms. The lowest BCUT2D eigenvalue weighted by Crippen LogP contribution is -2.21. The van der Waals surface area contributed by atoms with Crippen molar-refractivity contribution in [2.24, 2.45) is 0 Å². The summed E-state index contributed by atoms with van der Waals surface area (Å²) in [6, 6.07) is 0. The number of hydrogen-bond donors (Lipinski definition) is 2. The predicted octanol–water partition coefficient (Wildman–Crippen LogP) is -0.305. The van der Waals surface area contributed by atoms with Gasteiger partial charge in [-0.3, -0.25) is 9.63 Å². The Morgan fingerprint density at radius 3 is 2.64 bits per heavy atom. The van der Waals surface area contributed by atoms with Crippen LogP contribution in [0.15, 0.2) is 12.2 Å². The summed E-state index contributed by atoms with van der Waals surface area (Å²) < 4.78 is 0. The van der Waals surface area contributed by atoms with Gasteiger partial charge in [0.05, 0.1) is 6.61 Å². The van der Waals surface area contributed by atoms with Crippen LogP contribution in [0.25, 0.3) is 0 Å². The number of carboxylic acid groups (broad SMARTS) is 1. The second-order valence-electron chi connectivity index (χ2n) is 1.57. The van der Waals surface area contributed by atoms with Gasteiger partial charge in [-0.15, -0.1) is 0 Å². The maximum absolute atomic E-state index is 10.5. The first-order valence-corrected chi connectivity index (χ1v) is 2.99. The SMILES string of the molecule is CCONC(=O)C=CC(=O)O. The first-order valence-electron chi connectivity index (χ1n) is 2.99. The highest BCUT2D eigenvalue weighted by Gasteiger charge is 1.93. The molecule has 0 atom stereocenters. The maximum Gasteiger partial charge on any atom is 0.328 e. The van der Waals surface area contributed by atoms with Gasteiger partial charge in [0.25, 0.3) is 5.91 Å². The number of carbonyl (C=O) groups excluding carboxylic acids is 1. The number of rotatable bonds is 4. The molecular formula is C6H9NO4.